The van der Waals surface area contributed by atoms with Crippen LogP contribution >= 0.6 is 12.4 Å². The van der Waals surface area contributed by atoms with E-state index in [0.29, 0.717) is 6.04 Å². The normalized spacial score (nSPS) is 20.1. The molecule has 1 saturated heterocycles. The van der Waals surface area contributed by atoms with Crippen LogP contribution in [0.15, 0.2) is 30.5 Å². The topological polar surface area (TPSA) is 27.8 Å². The first-order valence-electron chi connectivity index (χ1n) is 4.74. The van der Waals surface area contributed by atoms with E-state index in [1.165, 1.54) is 22.9 Å². The molecule has 1 aromatic heterocycles. The molecule has 2 aromatic rings. The molecule has 1 atom stereocenters. The zero-order valence-electron chi connectivity index (χ0n) is 7.79. The Morgan fingerprint density at radius 3 is 2.79 bits per heavy atom. The van der Waals surface area contributed by atoms with E-state index in [1.807, 2.05) is 6.20 Å². The molecule has 0 aliphatic carbocycles. The van der Waals surface area contributed by atoms with E-state index >= 15 is 0 Å². The fourth-order valence-electron chi connectivity index (χ4n) is 1.97. The Kier molecular flexibility index (Phi) is 2.48. The largest absolute Gasteiger partial charge is 0.361 e. The number of benzene rings is 1. The number of fused-ring (bicyclic) bond motifs is 1. The first kappa shape index (κ1) is 9.56. The summed E-state index contributed by atoms with van der Waals surface area (Å²) in [5.74, 6) is 0. The minimum absolute atomic E-state index is 0. The second-order valence-electron chi connectivity index (χ2n) is 3.58. The smallest absolute Gasteiger partial charge is 0.0457 e. The lowest BCUT2D eigenvalue weighted by Gasteiger charge is -2.28. The average Bonchev–Trinajstić information content (AvgIpc) is 2.49. The molecule has 0 unspecified atom stereocenters. The number of nitrogens with one attached hydrogen (secondary N) is 2. The molecule has 0 saturated carbocycles. The lowest BCUT2D eigenvalue weighted by atomic mass is 9.95. The second-order valence-corrected chi connectivity index (χ2v) is 3.58. The van der Waals surface area contributed by atoms with Crippen molar-refractivity contribution >= 4 is 23.3 Å². The third-order valence-electron chi connectivity index (χ3n) is 2.83. The summed E-state index contributed by atoms with van der Waals surface area (Å²) in [6.45, 7) is 1.16. The minimum Gasteiger partial charge on any atom is -0.361 e. The molecule has 14 heavy (non-hydrogen) atoms. The standard InChI is InChI=1S/C11H12N2.ClH/c1-2-8(11-5-7-13-11)9-4-6-12-10(9)3-1;/h1-4,6,11-13H,5,7H2;1H/t11-;/m0./s1. The van der Waals surface area contributed by atoms with Crippen molar-refractivity contribution in [3.63, 3.8) is 0 Å². The summed E-state index contributed by atoms with van der Waals surface area (Å²) in [5.41, 5.74) is 2.68. The molecule has 1 aliphatic rings. The van der Waals surface area contributed by atoms with Crippen LogP contribution in [0, 0.1) is 0 Å². The van der Waals surface area contributed by atoms with Crippen molar-refractivity contribution in [2.45, 2.75) is 12.5 Å². The predicted octanol–water partition coefficient (Wildman–Crippen LogP) is 2.62. The number of halogens is 1. The molecule has 0 spiro atoms. The highest BCUT2D eigenvalue weighted by Crippen LogP contribution is 2.28. The number of H-pyrrole nitrogens is 1. The van der Waals surface area contributed by atoms with Crippen molar-refractivity contribution < 1.29 is 0 Å². The monoisotopic (exact) mass is 208 g/mol. The molecular formula is C11H13ClN2. The molecule has 3 rings (SSSR count). The van der Waals surface area contributed by atoms with Gasteiger partial charge in [0.25, 0.3) is 0 Å². The van der Waals surface area contributed by atoms with Crippen LogP contribution in [0.5, 0.6) is 0 Å². The summed E-state index contributed by atoms with van der Waals surface area (Å²) in [7, 11) is 0. The van der Waals surface area contributed by atoms with Crippen LogP contribution in [-0.4, -0.2) is 11.5 Å². The van der Waals surface area contributed by atoms with Gasteiger partial charge in [-0.15, -0.1) is 12.4 Å². The summed E-state index contributed by atoms with van der Waals surface area (Å²) in [6, 6.07) is 9.20. The van der Waals surface area contributed by atoms with Crippen LogP contribution in [0.3, 0.4) is 0 Å². The van der Waals surface area contributed by atoms with E-state index in [1.54, 1.807) is 0 Å². The molecule has 2 heterocycles. The molecular weight excluding hydrogens is 196 g/mol. The van der Waals surface area contributed by atoms with Gasteiger partial charge in [0.05, 0.1) is 0 Å². The van der Waals surface area contributed by atoms with Gasteiger partial charge < -0.3 is 10.3 Å². The Morgan fingerprint density at radius 2 is 2.07 bits per heavy atom. The SMILES string of the molecule is Cl.c1cc([C@@H]2CCN2)c2cc[nH]c2c1. The van der Waals surface area contributed by atoms with Crippen LogP contribution in [0.1, 0.15) is 18.0 Å². The summed E-state index contributed by atoms with van der Waals surface area (Å²) in [4.78, 5) is 3.24. The van der Waals surface area contributed by atoms with E-state index in [-0.39, 0.29) is 12.4 Å². The Labute approximate surface area is 89.1 Å². The molecule has 1 aromatic carbocycles. The fraction of sp³-hybridized carbons (Fsp3) is 0.273. The van der Waals surface area contributed by atoms with Crippen LogP contribution in [0.25, 0.3) is 10.9 Å². The average molecular weight is 209 g/mol. The van der Waals surface area contributed by atoms with Crippen molar-refractivity contribution in [1.29, 1.82) is 0 Å². The predicted molar refractivity (Wildman–Crippen MR) is 60.9 cm³/mol. The molecule has 0 amide bonds. The van der Waals surface area contributed by atoms with Crippen molar-refractivity contribution in [2.24, 2.45) is 0 Å². The zero-order chi connectivity index (χ0) is 8.67. The first-order chi connectivity index (χ1) is 6.45. The van der Waals surface area contributed by atoms with Gasteiger partial charge in [-0.2, -0.15) is 0 Å². The van der Waals surface area contributed by atoms with Crippen molar-refractivity contribution in [3.05, 3.63) is 36.0 Å². The van der Waals surface area contributed by atoms with Crippen molar-refractivity contribution in [2.75, 3.05) is 6.54 Å². The van der Waals surface area contributed by atoms with Gasteiger partial charge in [0.1, 0.15) is 0 Å². The van der Waals surface area contributed by atoms with Crippen molar-refractivity contribution in [3.8, 4) is 0 Å². The Hall–Kier alpha value is -0.990. The number of rotatable bonds is 1. The van der Waals surface area contributed by atoms with Gasteiger partial charge in [0.2, 0.25) is 0 Å². The molecule has 1 fully saturated rings. The van der Waals surface area contributed by atoms with Gasteiger partial charge in [-0.1, -0.05) is 12.1 Å². The van der Waals surface area contributed by atoms with Crippen LogP contribution < -0.4 is 5.32 Å². The van der Waals surface area contributed by atoms with Gasteiger partial charge in [-0.3, -0.25) is 0 Å². The summed E-state index contributed by atoms with van der Waals surface area (Å²) in [5, 5.41) is 4.79. The Morgan fingerprint density at radius 1 is 1.21 bits per heavy atom. The molecule has 3 heteroatoms. The Balaban J connectivity index is 0.000000750. The quantitative estimate of drug-likeness (QED) is 0.741. The van der Waals surface area contributed by atoms with Gasteiger partial charge in [0.15, 0.2) is 0 Å². The van der Waals surface area contributed by atoms with E-state index in [4.69, 9.17) is 0 Å². The summed E-state index contributed by atoms with van der Waals surface area (Å²) >= 11 is 0. The highest BCUT2D eigenvalue weighted by molar-refractivity contribution is 5.85. The van der Waals surface area contributed by atoms with Gasteiger partial charge in [0, 0.05) is 23.1 Å². The second kappa shape index (κ2) is 3.64. The lowest BCUT2D eigenvalue weighted by molar-refractivity contribution is 0.385. The van der Waals surface area contributed by atoms with Crippen LogP contribution in [0.2, 0.25) is 0 Å². The van der Waals surface area contributed by atoms with Gasteiger partial charge >= 0.3 is 0 Å². The number of aromatic amines is 1. The van der Waals surface area contributed by atoms with Gasteiger partial charge in [-0.25, -0.2) is 0 Å². The van der Waals surface area contributed by atoms with Crippen LogP contribution in [0.4, 0.5) is 0 Å². The van der Waals surface area contributed by atoms with E-state index in [0.717, 1.165) is 6.54 Å². The van der Waals surface area contributed by atoms with Crippen LogP contribution in [-0.2, 0) is 0 Å². The van der Waals surface area contributed by atoms with Crippen molar-refractivity contribution in [1.82, 2.24) is 10.3 Å². The number of aromatic nitrogens is 1. The summed E-state index contributed by atoms with van der Waals surface area (Å²) < 4.78 is 0. The maximum Gasteiger partial charge on any atom is 0.0457 e. The van der Waals surface area contributed by atoms with E-state index in [2.05, 4.69) is 34.6 Å². The van der Waals surface area contributed by atoms with E-state index in [9.17, 15) is 0 Å². The molecule has 1 aliphatic heterocycles. The highest BCUT2D eigenvalue weighted by atomic mass is 35.5. The molecule has 0 radical (unpaired) electrons. The fourth-order valence-corrected chi connectivity index (χ4v) is 1.97. The first-order valence-corrected chi connectivity index (χ1v) is 4.74. The molecule has 2 nitrogen and oxygen atoms in total. The molecule has 74 valence electrons. The molecule has 0 bridgehead atoms. The maximum atomic E-state index is 3.43. The number of hydrogen-bond donors (Lipinski definition) is 2. The van der Waals surface area contributed by atoms with Gasteiger partial charge in [-0.05, 0) is 30.7 Å². The summed E-state index contributed by atoms with van der Waals surface area (Å²) in [6.07, 6.45) is 3.27. The van der Waals surface area contributed by atoms with E-state index < -0.39 is 0 Å². The maximum absolute atomic E-state index is 3.43. The third kappa shape index (κ3) is 1.31. The Bertz CT molecular complexity index is 432. The third-order valence-corrected chi connectivity index (χ3v) is 2.83. The lowest BCUT2D eigenvalue weighted by Crippen LogP contribution is -2.34. The zero-order valence-corrected chi connectivity index (χ0v) is 8.60. The molecule has 2 N–H and O–H groups in total. The highest BCUT2D eigenvalue weighted by Gasteiger charge is 2.20. The minimum atomic E-state index is 0. The number of hydrogen-bond acceptors (Lipinski definition) is 1.